The van der Waals surface area contributed by atoms with Crippen molar-refractivity contribution in [2.45, 2.75) is 33.5 Å². The van der Waals surface area contributed by atoms with Crippen LogP contribution >= 0.6 is 0 Å². The van der Waals surface area contributed by atoms with E-state index in [1.54, 1.807) is 32.9 Å². The Kier molecular flexibility index (Phi) is 9.83. The zero-order valence-electron chi connectivity index (χ0n) is 20.0. The van der Waals surface area contributed by atoms with E-state index in [0.717, 1.165) is 16.7 Å². The SMILES string of the molecule is C=C(C)C(=O)OCC(COC(=O)C(=C)C)Cc1ccc(-c2ccc(OC(O)C(=C)C)cc2)cc1. The van der Waals surface area contributed by atoms with Gasteiger partial charge in [-0.1, -0.05) is 56.1 Å². The van der Waals surface area contributed by atoms with Gasteiger partial charge in [-0.2, -0.15) is 0 Å². The van der Waals surface area contributed by atoms with Crippen LogP contribution in [0.25, 0.3) is 11.1 Å². The molecule has 0 heterocycles. The predicted molar refractivity (Wildman–Crippen MR) is 132 cm³/mol. The van der Waals surface area contributed by atoms with E-state index in [1.165, 1.54) is 0 Å². The van der Waals surface area contributed by atoms with E-state index in [0.29, 0.717) is 28.9 Å². The van der Waals surface area contributed by atoms with Crippen molar-refractivity contribution in [3.05, 3.63) is 90.6 Å². The zero-order valence-corrected chi connectivity index (χ0v) is 20.0. The molecule has 2 aromatic rings. The fourth-order valence-corrected chi connectivity index (χ4v) is 2.92. The van der Waals surface area contributed by atoms with Crippen molar-refractivity contribution in [2.75, 3.05) is 13.2 Å². The largest absolute Gasteiger partial charge is 0.462 e. The molecule has 0 aliphatic carbocycles. The lowest BCUT2D eigenvalue weighted by Gasteiger charge is -2.18. The van der Waals surface area contributed by atoms with Crippen LogP contribution in [0.3, 0.4) is 0 Å². The number of hydrogen-bond donors (Lipinski definition) is 1. The molecule has 1 N–H and O–H groups in total. The van der Waals surface area contributed by atoms with Gasteiger partial charge in [0.15, 0.2) is 0 Å². The molecule has 0 bridgehead atoms. The van der Waals surface area contributed by atoms with Crippen LogP contribution in [0.4, 0.5) is 0 Å². The smallest absolute Gasteiger partial charge is 0.333 e. The molecule has 0 saturated carbocycles. The molecule has 6 nitrogen and oxygen atoms in total. The monoisotopic (exact) mass is 464 g/mol. The molecule has 34 heavy (non-hydrogen) atoms. The average Bonchev–Trinajstić information content (AvgIpc) is 2.81. The van der Waals surface area contributed by atoms with Gasteiger partial charge in [-0.3, -0.25) is 0 Å². The molecule has 6 heteroatoms. The molecule has 0 aromatic heterocycles. The number of esters is 2. The van der Waals surface area contributed by atoms with Crippen LogP contribution in [0, 0.1) is 5.92 Å². The van der Waals surface area contributed by atoms with Crippen LogP contribution in [0.5, 0.6) is 5.75 Å². The lowest BCUT2D eigenvalue weighted by molar-refractivity contribution is -0.144. The van der Waals surface area contributed by atoms with Crippen molar-refractivity contribution in [1.82, 2.24) is 0 Å². The highest BCUT2D eigenvalue weighted by atomic mass is 16.6. The third-order valence-electron chi connectivity index (χ3n) is 4.93. The zero-order chi connectivity index (χ0) is 25.3. The van der Waals surface area contributed by atoms with Gasteiger partial charge in [0.2, 0.25) is 6.29 Å². The first-order valence-corrected chi connectivity index (χ1v) is 10.9. The van der Waals surface area contributed by atoms with Gasteiger partial charge >= 0.3 is 11.9 Å². The van der Waals surface area contributed by atoms with Gasteiger partial charge in [0.25, 0.3) is 0 Å². The molecule has 2 aromatic carbocycles. The number of carbonyl (C=O) groups excluding carboxylic acids is 2. The quantitative estimate of drug-likeness (QED) is 0.205. The Morgan fingerprint density at radius 1 is 0.794 bits per heavy atom. The average molecular weight is 465 g/mol. The number of aliphatic hydroxyl groups excluding tert-OH is 1. The minimum Gasteiger partial charge on any atom is -0.462 e. The van der Waals surface area contributed by atoms with Crippen molar-refractivity contribution < 1.29 is 28.9 Å². The summed E-state index contributed by atoms with van der Waals surface area (Å²) < 4.78 is 16.0. The summed E-state index contributed by atoms with van der Waals surface area (Å²) >= 11 is 0. The van der Waals surface area contributed by atoms with E-state index in [4.69, 9.17) is 14.2 Å². The molecule has 0 saturated heterocycles. The Labute approximate surface area is 201 Å². The van der Waals surface area contributed by atoms with Crippen molar-refractivity contribution in [1.29, 1.82) is 0 Å². The fourth-order valence-electron chi connectivity index (χ4n) is 2.92. The van der Waals surface area contributed by atoms with Gasteiger partial charge in [-0.05, 0) is 61.6 Å². The maximum atomic E-state index is 11.8. The topological polar surface area (TPSA) is 82.1 Å². The molecule has 1 unspecified atom stereocenters. The van der Waals surface area contributed by atoms with Crippen molar-refractivity contribution >= 4 is 11.9 Å². The lowest BCUT2D eigenvalue weighted by Crippen LogP contribution is -2.23. The van der Waals surface area contributed by atoms with Crippen LogP contribution in [0.15, 0.2) is 85.0 Å². The second kappa shape index (κ2) is 12.6. The minimum absolute atomic E-state index is 0.106. The Balaban J connectivity index is 2.05. The highest BCUT2D eigenvalue weighted by Crippen LogP contribution is 2.24. The summed E-state index contributed by atoms with van der Waals surface area (Å²) in [6.45, 7) is 15.9. The Bertz CT molecular complexity index is 1000. The first kappa shape index (κ1) is 26.6. The third kappa shape index (κ3) is 8.37. The molecule has 1 atom stereocenters. The summed E-state index contributed by atoms with van der Waals surface area (Å²) in [6.07, 6.45) is -0.485. The molecule has 0 aliphatic rings. The molecule has 0 amide bonds. The fraction of sp³-hybridized carbons (Fsp3) is 0.286. The molecular formula is C28H32O6. The van der Waals surface area contributed by atoms with Crippen molar-refractivity contribution in [3.8, 4) is 16.9 Å². The van der Waals surface area contributed by atoms with E-state index in [-0.39, 0.29) is 19.1 Å². The van der Waals surface area contributed by atoms with E-state index >= 15 is 0 Å². The summed E-state index contributed by atoms with van der Waals surface area (Å²) in [5.74, 6) is -0.620. The number of hydrogen-bond acceptors (Lipinski definition) is 6. The van der Waals surface area contributed by atoms with Gasteiger partial charge in [-0.25, -0.2) is 9.59 Å². The van der Waals surface area contributed by atoms with E-state index < -0.39 is 18.2 Å². The number of carbonyl (C=O) groups is 2. The first-order valence-electron chi connectivity index (χ1n) is 10.9. The predicted octanol–water partition coefficient (Wildman–Crippen LogP) is 5.02. The molecule has 2 rings (SSSR count). The highest BCUT2D eigenvalue weighted by Gasteiger charge is 2.17. The minimum atomic E-state index is -1.04. The van der Waals surface area contributed by atoms with Gasteiger partial charge in [0, 0.05) is 17.1 Å². The summed E-state index contributed by atoms with van der Waals surface area (Å²) in [5.41, 5.74) is 4.17. The van der Waals surface area contributed by atoms with Crippen LogP contribution in [0.1, 0.15) is 26.3 Å². The van der Waals surface area contributed by atoms with Crippen molar-refractivity contribution in [2.24, 2.45) is 5.92 Å². The van der Waals surface area contributed by atoms with Gasteiger partial charge in [0.1, 0.15) is 5.75 Å². The van der Waals surface area contributed by atoms with Crippen LogP contribution in [-0.2, 0) is 25.5 Å². The standard InChI is InChI=1S/C28H32O6/c1-18(2)26(29)32-16-22(17-33-27(30)19(3)4)15-21-7-9-23(10-8-21)24-11-13-25(14-12-24)34-28(31)20(5)6/h7-14,22,28,31H,1,3,5,15-17H2,2,4,6H3. The molecule has 0 aliphatic heterocycles. The summed E-state index contributed by atoms with van der Waals surface area (Å²) in [4.78, 5) is 23.6. The lowest BCUT2D eigenvalue weighted by atomic mass is 9.98. The second-order valence-corrected chi connectivity index (χ2v) is 8.37. The number of ether oxygens (including phenoxy) is 3. The molecular weight excluding hydrogens is 432 g/mol. The summed E-state index contributed by atoms with van der Waals surface area (Å²) in [7, 11) is 0. The van der Waals surface area contributed by atoms with E-state index in [9.17, 15) is 14.7 Å². The van der Waals surface area contributed by atoms with E-state index in [2.05, 4.69) is 19.7 Å². The molecule has 180 valence electrons. The second-order valence-electron chi connectivity index (χ2n) is 8.37. The van der Waals surface area contributed by atoms with Crippen molar-refractivity contribution in [3.63, 3.8) is 0 Å². The maximum absolute atomic E-state index is 11.8. The highest BCUT2D eigenvalue weighted by molar-refractivity contribution is 5.87. The maximum Gasteiger partial charge on any atom is 0.333 e. The molecule has 0 radical (unpaired) electrons. The molecule has 0 spiro atoms. The summed E-state index contributed by atoms with van der Waals surface area (Å²) in [5, 5.41) is 9.77. The Morgan fingerprint density at radius 3 is 1.65 bits per heavy atom. The summed E-state index contributed by atoms with van der Waals surface area (Å²) in [6, 6.07) is 15.3. The first-order chi connectivity index (χ1) is 16.1. The number of benzene rings is 2. The normalized spacial score (nSPS) is 11.4. The Morgan fingerprint density at radius 2 is 1.24 bits per heavy atom. The Hall–Kier alpha value is -3.64. The van der Waals surface area contributed by atoms with Crippen LogP contribution in [0.2, 0.25) is 0 Å². The van der Waals surface area contributed by atoms with Gasteiger partial charge in [0.05, 0.1) is 13.2 Å². The number of aliphatic hydroxyl groups is 1. The van der Waals surface area contributed by atoms with Gasteiger partial charge in [-0.15, -0.1) is 0 Å². The van der Waals surface area contributed by atoms with Gasteiger partial charge < -0.3 is 19.3 Å². The molecule has 0 fully saturated rings. The number of rotatable bonds is 12. The van der Waals surface area contributed by atoms with Crippen LogP contribution in [-0.4, -0.2) is 36.5 Å². The van der Waals surface area contributed by atoms with Crippen LogP contribution < -0.4 is 4.74 Å². The van der Waals surface area contributed by atoms with E-state index in [1.807, 2.05) is 36.4 Å². The third-order valence-corrected chi connectivity index (χ3v) is 4.93.